The van der Waals surface area contributed by atoms with Crippen LogP contribution in [0.25, 0.3) is 0 Å². The van der Waals surface area contributed by atoms with E-state index in [0.29, 0.717) is 6.04 Å². The molecule has 0 aromatic carbocycles. The second kappa shape index (κ2) is 6.89. The first kappa shape index (κ1) is 17.5. The largest absolute Gasteiger partial charge is 0.385 e. The number of nitrogens with one attached hydrogen (secondary N) is 3. The summed E-state index contributed by atoms with van der Waals surface area (Å²) in [6.07, 6.45) is 7.37. The van der Waals surface area contributed by atoms with Crippen LogP contribution in [0.4, 0.5) is 0 Å². The van der Waals surface area contributed by atoms with Gasteiger partial charge in [0.15, 0.2) is 0 Å². The van der Waals surface area contributed by atoms with E-state index in [-0.39, 0.29) is 5.41 Å². The molecule has 3 aliphatic rings. The van der Waals surface area contributed by atoms with Gasteiger partial charge >= 0.3 is 0 Å². The van der Waals surface area contributed by atoms with Crippen LogP contribution < -0.4 is 16.0 Å². The highest BCUT2D eigenvalue weighted by molar-refractivity contribution is 5.69. The Morgan fingerprint density at radius 3 is 2.62 bits per heavy atom. The fourth-order valence-corrected chi connectivity index (χ4v) is 4.24. The molecule has 3 rings (SSSR count). The molecule has 1 fully saturated rings. The van der Waals surface area contributed by atoms with Gasteiger partial charge in [0.1, 0.15) is 0 Å². The summed E-state index contributed by atoms with van der Waals surface area (Å²) in [5.41, 5.74) is 9.11. The molecule has 3 N–H and O–H groups in total. The normalized spacial score (nSPS) is 28.8. The lowest BCUT2D eigenvalue weighted by molar-refractivity contribution is 0.447. The Hall–Kier alpha value is -1.32. The van der Waals surface area contributed by atoms with Crippen LogP contribution in [0.15, 0.2) is 45.7 Å². The van der Waals surface area contributed by atoms with Gasteiger partial charge in [-0.1, -0.05) is 26.8 Å². The van der Waals surface area contributed by atoms with E-state index in [1.54, 1.807) is 16.7 Å². The van der Waals surface area contributed by atoms with Crippen LogP contribution in [0.3, 0.4) is 0 Å². The Balaban J connectivity index is 2.11. The maximum absolute atomic E-state index is 3.66. The zero-order valence-corrected chi connectivity index (χ0v) is 16.0. The second-order valence-electron chi connectivity index (χ2n) is 7.42. The van der Waals surface area contributed by atoms with Crippen molar-refractivity contribution in [2.24, 2.45) is 5.41 Å². The molecule has 132 valence electrons. The standard InChI is InChI=1S/C21H33N3/c1-6-22-13-15-11-18(23-7-2)14(4)16-9-10-21(15,5)12-17-19(16)20(17)24-8-3/h11-12,20,22-24H,6-10,13H2,1-5H3/t20?,21-/m0/s1. The minimum Gasteiger partial charge on any atom is -0.385 e. The molecule has 0 saturated heterocycles. The van der Waals surface area contributed by atoms with E-state index in [1.165, 1.54) is 29.7 Å². The zero-order chi connectivity index (χ0) is 17.3. The highest BCUT2D eigenvalue weighted by atomic mass is 15.0. The van der Waals surface area contributed by atoms with Crippen LogP contribution in [-0.4, -0.2) is 32.2 Å². The van der Waals surface area contributed by atoms with Crippen molar-refractivity contribution in [1.29, 1.82) is 0 Å². The van der Waals surface area contributed by atoms with Gasteiger partial charge < -0.3 is 16.0 Å². The first-order chi connectivity index (χ1) is 11.6. The predicted octanol–water partition coefficient (Wildman–Crippen LogP) is 3.43. The Morgan fingerprint density at radius 2 is 1.96 bits per heavy atom. The molecule has 0 aromatic heterocycles. The molecule has 2 atom stereocenters. The van der Waals surface area contributed by atoms with Crippen LogP contribution in [0.5, 0.6) is 0 Å². The first-order valence-electron chi connectivity index (χ1n) is 9.62. The van der Waals surface area contributed by atoms with Crippen molar-refractivity contribution in [3.05, 3.63) is 45.7 Å². The minimum atomic E-state index is 0.149. The molecular weight excluding hydrogens is 294 g/mol. The summed E-state index contributed by atoms with van der Waals surface area (Å²) in [4.78, 5) is 0. The maximum atomic E-state index is 3.66. The molecule has 2 bridgehead atoms. The first-order valence-corrected chi connectivity index (χ1v) is 9.62. The summed E-state index contributed by atoms with van der Waals surface area (Å²) in [5.74, 6) is 0. The fraction of sp³-hybridized carbons (Fsp3) is 0.619. The Labute approximate surface area is 147 Å². The van der Waals surface area contributed by atoms with Gasteiger partial charge in [0, 0.05) is 24.2 Å². The molecule has 1 saturated carbocycles. The Morgan fingerprint density at radius 1 is 1.17 bits per heavy atom. The molecule has 0 amide bonds. The highest BCUT2D eigenvalue weighted by Gasteiger charge is 2.45. The molecular formula is C21H33N3. The van der Waals surface area contributed by atoms with Gasteiger partial charge in [-0.25, -0.2) is 0 Å². The van der Waals surface area contributed by atoms with E-state index in [0.717, 1.165) is 26.2 Å². The van der Waals surface area contributed by atoms with Gasteiger partial charge in [-0.3, -0.25) is 0 Å². The predicted molar refractivity (Wildman–Crippen MR) is 103 cm³/mol. The molecule has 1 unspecified atom stereocenters. The molecule has 3 nitrogen and oxygen atoms in total. The van der Waals surface area contributed by atoms with Crippen molar-refractivity contribution < 1.29 is 0 Å². The van der Waals surface area contributed by atoms with Gasteiger partial charge in [-0.05, 0) is 73.7 Å². The highest BCUT2D eigenvalue weighted by Crippen LogP contribution is 2.53. The molecule has 3 heteroatoms. The summed E-state index contributed by atoms with van der Waals surface area (Å²) in [6.45, 7) is 15.3. The minimum absolute atomic E-state index is 0.149. The summed E-state index contributed by atoms with van der Waals surface area (Å²) >= 11 is 0. The quantitative estimate of drug-likeness (QED) is 0.670. The lowest BCUT2D eigenvalue weighted by Gasteiger charge is -2.33. The van der Waals surface area contributed by atoms with Gasteiger partial charge in [0.25, 0.3) is 0 Å². The SMILES string of the molecule is CCNCC1=CC(NCC)=C(C)C2=C3C(=C[C@]1(C)CC2)C3NCC. The average Bonchev–Trinajstić information content (AvgIpc) is 3.23. The van der Waals surface area contributed by atoms with Crippen LogP contribution in [0.2, 0.25) is 0 Å². The van der Waals surface area contributed by atoms with Gasteiger partial charge in [0.05, 0.1) is 6.04 Å². The number of fused-ring (bicyclic) bond motifs is 4. The fourth-order valence-electron chi connectivity index (χ4n) is 4.24. The van der Waals surface area contributed by atoms with Crippen LogP contribution in [0.1, 0.15) is 47.5 Å². The van der Waals surface area contributed by atoms with E-state index >= 15 is 0 Å². The lowest BCUT2D eigenvalue weighted by Crippen LogP contribution is -2.29. The molecule has 0 heterocycles. The van der Waals surface area contributed by atoms with Gasteiger partial charge in [0.2, 0.25) is 0 Å². The maximum Gasteiger partial charge on any atom is 0.0583 e. The zero-order valence-electron chi connectivity index (χ0n) is 16.0. The smallest absolute Gasteiger partial charge is 0.0583 e. The van der Waals surface area contributed by atoms with Crippen molar-refractivity contribution in [1.82, 2.24) is 16.0 Å². The molecule has 3 aliphatic carbocycles. The Bertz CT molecular complexity index is 635. The van der Waals surface area contributed by atoms with Crippen LogP contribution in [0, 0.1) is 5.41 Å². The molecule has 0 radical (unpaired) electrons. The number of rotatable bonds is 7. The van der Waals surface area contributed by atoms with Crippen molar-refractivity contribution in [2.45, 2.75) is 53.5 Å². The third-order valence-electron chi connectivity index (χ3n) is 5.77. The van der Waals surface area contributed by atoms with Gasteiger partial charge in [-0.2, -0.15) is 0 Å². The summed E-state index contributed by atoms with van der Waals surface area (Å²) in [5, 5.41) is 10.8. The third-order valence-corrected chi connectivity index (χ3v) is 5.77. The third kappa shape index (κ3) is 3.00. The molecule has 24 heavy (non-hydrogen) atoms. The summed E-state index contributed by atoms with van der Waals surface area (Å²) < 4.78 is 0. The summed E-state index contributed by atoms with van der Waals surface area (Å²) in [6, 6.07) is 0.487. The van der Waals surface area contributed by atoms with Crippen molar-refractivity contribution >= 4 is 0 Å². The molecule has 0 aromatic rings. The second-order valence-corrected chi connectivity index (χ2v) is 7.42. The molecule has 0 aliphatic heterocycles. The van der Waals surface area contributed by atoms with E-state index in [9.17, 15) is 0 Å². The van der Waals surface area contributed by atoms with E-state index in [4.69, 9.17) is 0 Å². The Kier molecular flexibility index (Phi) is 5.03. The van der Waals surface area contributed by atoms with Crippen molar-refractivity contribution in [3.8, 4) is 0 Å². The van der Waals surface area contributed by atoms with E-state index < -0.39 is 0 Å². The van der Waals surface area contributed by atoms with Crippen LogP contribution >= 0.6 is 0 Å². The van der Waals surface area contributed by atoms with Crippen LogP contribution in [-0.2, 0) is 0 Å². The van der Waals surface area contributed by atoms with Gasteiger partial charge in [-0.15, -0.1) is 0 Å². The number of likely N-dealkylation sites (N-methyl/N-ethyl adjacent to an activating group) is 3. The lowest BCUT2D eigenvalue weighted by atomic mass is 9.74. The van der Waals surface area contributed by atoms with Crippen molar-refractivity contribution in [3.63, 3.8) is 0 Å². The number of allylic oxidation sites excluding steroid dienone is 4. The monoisotopic (exact) mass is 327 g/mol. The number of hydrogen-bond acceptors (Lipinski definition) is 3. The van der Waals surface area contributed by atoms with E-state index in [2.05, 4.69) is 62.7 Å². The number of hydrogen-bond donors (Lipinski definition) is 3. The summed E-state index contributed by atoms with van der Waals surface area (Å²) in [7, 11) is 0. The van der Waals surface area contributed by atoms with E-state index in [1.807, 2.05) is 0 Å². The molecule has 0 spiro atoms. The van der Waals surface area contributed by atoms with Crippen molar-refractivity contribution in [2.75, 3.05) is 26.2 Å². The topological polar surface area (TPSA) is 36.1 Å². The average molecular weight is 328 g/mol.